The lowest BCUT2D eigenvalue weighted by molar-refractivity contribution is -0.122. The largest absolute Gasteiger partial charge is 0.394 e. The van der Waals surface area contributed by atoms with Crippen molar-refractivity contribution in [3.8, 4) is 0 Å². The van der Waals surface area contributed by atoms with Crippen molar-refractivity contribution in [1.29, 1.82) is 0 Å². The third kappa shape index (κ3) is 5.74. The molecule has 2 aromatic heterocycles. The summed E-state index contributed by atoms with van der Waals surface area (Å²) >= 11 is 6.61. The lowest BCUT2D eigenvalue weighted by atomic mass is 10.2. The first-order chi connectivity index (χ1) is 15.5. The number of unbranched alkanes of at least 4 members (excludes halogenated alkanes) is 2. The standard InChI is InChI=1S/C22H28N4O4S2/c1-3-4-5-9-25-21(29)17(32-22(25)31)13-16-19(23-8-11-30-12-10-27)24-18-7-6-15(2)14-26(18)20(16)28/h6-7,13-14,23,27H,3-5,8-12H2,1-2H3. The first-order valence-electron chi connectivity index (χ1n) is 10.7. The number of aliphatic hydroxyl groups excluding tert-OH is 1. The van der Waals surface area contributed by atoms with Crippen molar-refractivity contribution in [2.75, 3.05) is 38.2 Å². The minimum Gasteiger partial charge on any atom is -0.394 e. The number of amides is 1. The monoisotopic (exact) mass is 476 g/mol. The second-order valence-electron chi connectivity index (χ2n) is 7.42. The lowest BCUT2D eigenvalue weighted by Gasteiger charge is -2.13. The van der Waals surface area contributed by atoms with Gasteiger partial charge < -0.3 is 15.2 Å². The van der Waals surface area contributed by atoms with Crippen LogP contribution < -0.4 is 10.9 Å². The summed E-state index contributed by atoms with van der Waals surface area (Å²) in [4.78, 5) is 32.9. The molecule has 2 aromatic rings. The van der Waals surface area contributed by atoms with Crippen LogP contribution in [-0.4, -0.2) is 62.5 Å². The molecule has 0 atom stereocenters. The van der Waals surface area contributed by atoms with Crippen molar-refractivity contribution in [3.05, 3.63) is 44.7 Å². The molecule has 2 N–H and O–H groups in total. The normalized spacial score (nSPS) is 15.3. The number of aromatic nitrogens is 2. The highest BCUT2D eigenvalue weighted by Crippen LogP contribution is 2.33. The molecule has 0 saturated carbocycles. The van der Waals surface area contributed by atoms with Crippen LogP contribution in [0.25, 0.3) is 11.7 Å². The van der Waals surface area contributed by atoms with Crippen molar-refractivity contribution in [2.45, 2.75) is 33.1 Å². The van der Waals surface area contributed by atoms with Crippen molar-refractivity contribution < 1.29 is 14.6 Å². The molecule has 8 nitrogen and oxygen atoms in total. The van der Waals surface area contributed by atoms with E-state index in [1.807, 2.05) is 13.0 Å². The Morgan fingerprint density at radius 1 is 1.28 bits per heavy atom. The summed E-state index contributed by atoms with van der Waals surface area (Å²) in [7, 11) is 0. The fourth-order valence-electron chi connectivity index (χ4n) is 3.28. The third-order valence-electron chi connectivity index (χ3n) is 4.91. The van der Waals surface area contributed by atoms with E-state index in [-0.39, 0.29) is 24.7 Å². The number of carbonyl (C=O) groups is 1. The highest BCUT2D eigenvalue weighted by Gasteiger charge is 2.32. The molecular weight excluding hydrogens is 448 g/mol. The molecule has 0 bridgehead atoms. The average molecular weight is 477 g/mol. The summed E-state index contributed by atoms with van der Waals surface area (Å²) in [5, 5.41) is 12.0. The van der Waals surface area contributed by atoms with Crippen LogP contribution in [0.2, 0.25) is 0 Å². The average Bonchev–Trinajstić information content (AvgIpc) is 3.04. The predicted octanol–water partition coefficient (Wildman–Crippen LogP) is 2.82. The van der Waals surface area contributed by atoms with Crippen LogP contribution in [0.4, 0.5) is 5.82 Å². The summed E-state index contributed by atoms with van der Waals surface area (Å²) < 4.78 is 7.27. The molecule has 0 aromatic carbocycles. The van der Waals surface area contributed by atoms with Crippen molar-refractivity contribution in [1.82, 2.24) is 14.3 Å². The molecule has 1 fully saturated rings. The van der Waals surface area contributed by atoms with Crippen molar-refractivity contribution >= 4 is 51.7 Å². The van der Waals surface area contributed by atoms with Crippen LogP contribution in [0.5, 0.6) is 0 Å². The summed E-state index contributed by atoms with van der Waals surface area (Å²) in [5.74, 6) is 0.199. The van der Waals surface area contributed by atoms with Crippen LogP contribution in [0.3, 0.4) is 0 Å². The number of rotatable bonds is 11. The fraction of sp³-hybridized carbons (Fsp3) is 0.455. The van der Waals surface area contributed by atoms with E-state index in [0.717, 1.165) is 24.8 Å². The Morgan fingerprint density at radius 2 is 2.09 bits per heavy atom. The Bertz CT molecular complexity index is 1080. The Kier molecular flexibility index (Phi) is 8.80. The summed E-state index contributed by atoms with van der Waals surface area (Å²) in [6, 6.07) is 3.66. The highest BCUT2D eigenvalue weighted by molar-refractivity contribution is 8.26. The smallest absolute Gasteiger partial charge is 0.267 e. The number of pyridine rings is 1. The fourth-order valence-corrected chi connectivity index (χ4v) is 4.57. The summed E-state index contributed by atoms with van der Waals surface area (Å²) in [6.45, 7) is 5.51. The van der Waals surface area contributed by atoms with Gasteiger partial charge in [-0.25, -0.2) is 4.98 Å². The number of hydrogen-bond donors (Lipinski definition) is 2. The molecule has 172 valence electrons. The van der Waals surface area contributed by atoms with E-state index < -0.39 is 0 Å². The SMILES string of the molecule is CCCCCN1C(=O)C(=Cc2c(NCCOCCO)nc3ccc(C)cn3c2=O)SC1=S. The lowest BCUT2D eigenvalue weighted by Crippen LogP contribution is -2.29. The van der Waals surface area contributed by atoms with Gasteiger partial charge in [0.15, 0.2) is 0 Å². The van der Waals surface area contributed by atoms with E-state index in [0.29, 0.717) is 46.0 Å². The van der Waals surface area contributed by atoms with Crippen LogP contribution in [0.1, 0.15) is 37.3 Å². The van der Waals surface area contributed by atoms with Gasteiger partial charge in [0.25, 0.3) is 11.5 Å². The van der Waals surface area contributed by atoms with E-state index in [2.05, 4.69) is 17.2 Å². The maximum Gasteiger partial charge on any atom is 0.267 e. The minimum absolute atomic E-state index is 0.0553. The third-order valence-corrected chi connectivity index (χ3v) is 6.29. The zero-order valence-corrected chi connectivity index (χ0v) is 19.9. The number of nitrogens with zero attached hydrogens (tertiary/aromatic N) is 3. The maximum atomic E-state index is 13.3. The Labute approximate surface area is 196 Å². The van der Waals surface area contributed by atoms with Gasteiger partial charge in [-0.15, -0.1) is 0 Å². The number of thioether (sulfide) groups is 1. The second kappa shape index (κ2) is 11.6. The van der Waals surface area contributed by atoms with Crippen LogP contribution in [0, 0.1) is 6.92 Å². The summed E-state index contributed by atoms with van der Waals surface area (Å²) in [6.07, 6.45) is 6.28. The minimum atomic E-state index is -0.270. The van der Waals surface area contributed by atoms with Crippen molar-refractivity contribution in [2.24, 2.45) is 0 Å². The topological polar surface area (TPSA) is 96.2 Å². The van der Waals surface area contributed by atoms with Gasteiger partial charge in [0.1, 0.15) is 15.8 Å². The molecule has 10 heteroatoms. The molecule has 0 aliphatic carbocycles. The molecule has 3 rings (SSSR count). The van der Waals surface area contributed by atoms with Gasteiger partial charge in [-0.1, -0.05) is 49.8 Å². The molecule has 1 aliphatic rings. The van der Waals surface area contributed by atoms with E-state index in [1.165, 1.54) is 16.2 Å². The molecule has 1 amide bonds. The first-order valence-corrected chi connectivity index (χ1v) is 11.9. The molecule has 32 heavy (non-hydrogen) atoms. The highest BCUT2D eigenvalue weighted by atomic mass is 32.2. The zero-order chi connectivity index (χ0) is 23.1. The van der Waals surface area contributed by atoms with Gasteiger partial charge in [-0.3, -0.25) is 18.9 Å². The van der Waals surface area contributed by atoms with E-state index in [1.54, 1.807) is 23.2 Å². The maximum absolute atomic E-state index is 13.3. The predicted molar refractivity (Wildman–Crippen MR) is 132 cm³/mol. The van der Waals surface area contributed by atoms with Crippen molar-refractivity contribution in [3.63, 3.8) is 0 Å². The van der Waals surface area contributed by atoms with Crippen LogP contribution >= 0.6 is 24.0 Å². The molecule has 0 radical (unpaired) electrons. The molecule has 1 aliphatic heterocycles. The van der Waals surface area contributed by atoms with Gasteiger partial charge in [0.05, 0.1) is 30.3 Å². The molecule has 1 saturated heterocycles. The van der Waals surface area contributed by atoms with Gasteiger partial charge in [-0.05, 0) is 31.1 Å². The molecule has 3 heterocycles. The number of ether oxygens (including phenoxy) is 1. The molecule has 0 spiro atoms. The summed E-state index contributed by atoms with van der Waals surface area (Å²) in [5.41, 5.74) is 1.45. The van der Waals surface area contributed by atoms with Gasteiger partial charge in [-0.2, -0.15) is 0 Å². The van der Waals surface area contributed by atoms with E-state index in [9.17, 15) is 9.59 Å². The van der Waals surface area contributed by atoms with Crippen LogP contribution in [-0.2, 0) is 9.53 Å². The number of fused-ring (bicyclic) bond motifs is 1. The Morgan fingerprint density at radius 3 is 2.84 bits per heavy atom. The van der Waals surface area contributed by atoms with Gasteiger partial charge in [0.2, 0.25) is 0 Å². The second-order valence-corrected chi connectivity index (χ2v) is 9.09. The molecule has 0 unspecified atom stereocenters. The van der Waals surface area contributed by atoms with E-state index in [4.69, 9.17) is 22.1 Å². The first kappa shape index (κ1) is 24.4. The number of aryl methyl sites for hydroxylation is 1. The molecular formula is C22H28N4O4S2. The number of nitrogens with one attached hydrogen (secondary N) is 1. The van der Waals surface area contributed by atoms with E-state index >= 15 is 0 Å². The van der Waals surface area contributed by atoms with Gasteiger partial charge >= 0.3 is 0 Å². The number of hydrogen-bond acceptors (Lipinski definition) is 8. The van der Waals surface area contributed by atoms with Gasteiger partial charge in [0, 0.05) is 19.3 Å². The number of aliphatic hydroxyl groups is 1. The number of anilines is 1. The van der Waals surface area contributed by atoms with Crippen LogP contribution in [0.15, 0.2) is 28.0 Å². The zero-order valence-electron chi connectivity index (χ0n) is 18.3. The Hall–Kier alpha value is -2.27. The quantitative estimate of drug-likeness (QED) is 0.290. The Balaban J connectivity index is 1.95. The number of carbonyl (C=O) groups excluding carboxylic acids is 1. The number of thiocarbonyl (C=S) groups is 1.